The van der Waals surface area contributed by atoms with Crippen LogP contribution in [0.2, 0.25) is 5.02 Å². The van der Waals surface area contributed by atoms with Crippen molar-refractivity contribution in [2.24, 2.45) is 0 Å². The predicted molar refractivity (Wildman–Crippen MR) is 86.0 cm³/mol. The fourth-order valence-corrected chi connectivity index (χ4v) is 2.31. The molecule has 0 saturated heterocycles. The summed E-state index contributed by atoms with van der Waals surface area (Å²) in [6, 6.07) is 12.8. The lowest BCUT2D eigenvalue weighted by Gasteiger charge is -2.10. The molecule has 0 fully saturated rings. The number of ether oxygens (including phenoxy) is 1. The highest BCUT2D eigenvalue weighted by atomic mass is 79.9. The average molecular weight is 370 g/mol. The molecule has 0 bridgehead atoms. The van der Waals surface area contributed by atoms with E-state index in [4.69, 9.17) is 21.4 Å². The van der Waals surface area contributed by atoms with Gasteiger partial charge >= 0.3 is 5.97 Å². The summed E-state index contributed by atoms with van der Waals surface area (Å²) in [7, 11) is 0. The zero-order valence-corrected chi connectivity index (χ0v) is 13.7. The van der Waals surface area contributed by atoms with Crippen molar-refractivity contribution in [2.75, 3.05) is 0 Å². The van der Waals surface area contributed by atoms with E-state index in [1.807, 2.05) is 24.3 Å². The van der Waals surface area contributed by atoms with E-state index in [9.17, 15) is 4.79 Å². The third-order valence-electron chi connectivity index (χ3n) is 3.14. The fraction of sp³-hybridized carbons (Fsp3) is 0.188. The highest BCUT2D eigenvalue weighted by Gasteiger charge is 2.13. The van der Waals surface area contributed by atoms with Crippen LogP contribution in [0.15, 0.2) is 46.9 Å². The van der Waals surface area contributed by atoms with Crippen molar-refractivity contribution in [3.63, 3.8) is 0 Å². The first-order valence-electron chi connectivity index (χ1n) is 6.37. The Kier molecular flexibility index (Phi) is 5.26. The molecule has 1 N–H and O–H groups in total. The number of carboxylic acid groups (broad SMARTS) is 1. The molecule has 0 aliphatic rings. The summed E-state index contributed by atoms with van der Waals surface area (Å²) >= 11 is 9.42. The minimum Gasteiger partial charge on any atom is -0.487 e. The highest BCUT2D eigenvalue weighted by molar-refractivity contribution is 9.10. The quantitative estimate of drug-likeness (QED) is 0.818. The maximum atomic E-state index is 10.9. The van der Waals surface area contributed by atoms with Gasteiger partial charge in [0.25, 0.3) is 0 Å². The molecule has 0 aliphatic heterocycles. The van der Waals surface area contributed by atoms with Crippen LogP contribution < -0.4 is 4.74 Å². The summed E-state index contributed by atoms with van der Waals surface area (Å²) in [6.45, 7) is 2.03. The minimum atomic E-state index is -0.833. The van der Waals surface area contributed by atoms with Crippen molar-refractivity contribution in [1.82, 2.24) is 0 Å². The van der Waals surface area contributed by atoms with Gasteiger partial charge in [0.2, 0.25) is 0 Å². The van der Waals surface area contributed by atoms with Gasteiger partial charge in [-0.1, -0.05) is 51.8 Å². The van der Waals surface area contributed by atoms with E-state index in [2.05, 4.69) is 15.9 Å². The van der Waals surface area contributed by atoms with Crippen LogP contribution in [0.5, 0.6) is 5.75 Å². The van der Waals surface area contributed by atoms with Crippen molar-refractivity contribution < 1.29 is 14.6 Å². The smallest absolute Gasteiger partial charge is 0.310 e. The Balaban J connectivity index is 2.04. The van der Waals surface area contributed by atoms with Gasteiger partial charge in [0, 0.05) is 4.47 Å². The molecule has 0 aromatic heterocycles. The summed E-state index contributed by atoms with van der Waals surface area (Å²) in [6.07, 6.45) is 0. The lowest BCUT2D eigenvalue weighted by molar-refractivity contribution is -0.138. The summed E-state index contributed by atoms with van der Waals surface area (Å²) in [5.41, 5.74) is 1.72. The Morgan fingerprint density at radius 1 is 1.29 bits per heavy atom. The van der Waals surface area contributed by atoms with Crippen molar-refractivity contribution in [3.05, 3.63) is 63.1 Å². The number of halogens is 2. The van der Waals surface area contributed by atoms with E-state index in [0.29, 0.717) is 17.4 Å². The molecule has 1 atom stereocenters. The number of carboxylic acids is 1. The van der Waals surface area contributed by atoms with Gasteiger partial charge in [-0.3, -0.25) is 4.79 Å². The van der Waals surface area contributed by atoms with E-state index < -0.39 is 11.9 Å². The Labute approximate surface area is 136 Å². The first-order chi connectivity index (χ1) is 9.97. The molecular weight excluding hydrogens is 356 g/mol. The highest BCUT2D eigenvalue weighted by Crippen LogP contribution is 2.28. The van der Waals surface area contributed by atoms with Gasteiger partial charge in [-0.05, 0) is 36.2 Å². The van der Waals surface area contributed by atoms with Crippen LogP contribution >= 0.6 is 27.5 Å². The number of aliphatic carboxylic acids is 1. The van der Waals surface area contributed by atoms with Gasteiger partial charge in [0.05, 0.1) is 10.9 Å². The maximum Gasteiger partial charge on any atom is 0.310 e. The van der Waals surface area contributed by atoms with Crippen molar-refractivity contribution in [3.8, 4) is 5.75 Å². The van der Waals surface area contributed by atoms with Crippen LogP contribution in [-0.4, -0.2) is 11.1 Å². The van der Waals surface area contributed by atoms with Crippen LogP contribution in [0, 0.1) is 0 Å². The number of hydrogen-bond donors (Lipinski definition) is 1. The molecule has 0 aliphatic carbocycles. The molecular formula is C16H14BrClO3. The monoisotopic (exact) mass is 368 g/mol. The first-order valence-corrected chi connectivity index (χ1v) is 7.54. The second-order valence-electron chi connectivity index (χ2n) is 4.66. The van der Waals surface area contributed by atoms with E-state index in [1.54, 1.807) is 25.1 Å². The van der Waals surface area contributed by atoms with Gasteiger partial charge in [-0.15, -0.1) is 0 Å². The van der Waals surface area contributed by atoms with Gasteiger partial charge in [-0.25, -0.2) is 0 Å². The maximum absolute atomic E-state index is 10.9. The van der Waals surface area contributed by atoms with E-state index >= 15 is 0 Å². The normalized spacial score (nSPS) is 12.0. The third kappa shape index (κ3) is 4.22. The third-order valence-corrected chi connectivity index (χ3v) is 3.94. The summed E-state index contributed by atoms with van der Waals surface area (Å²) < 4.78 is 6.57. The number of benzene rings is 2. The standard InChI is InChI=1S/C16H14BrClO3/c1-10(16(19)20)12-4-2-11(3-5-12)9-21-15-8-13(17)6-7-14(15)18/h2-8,10H,9H2,1H3,(H,19,20). The van der Waals surface area contributed by atoms with Crippen LogP contribution in [0.25, 0.3) is 0 Å². The average Bonchev–Trinajstić information content (AvgIpc) is 2.48. The molecule has 5 heteroatoms. The summed E-state index contributed by atoms with van der Waals surface area (Å²) in [4.78, 5) is 10.9. The van der Waals surface area contributed by atoms with Crippen LogP contribution in [-0.2, 0) is 11.4 Å². The molecule has 0 heterocycles. The van der Waals surface area contributed by atoms with Crippen LogP contribution in [0.4, 0.5) is 0 Å². The second-order valence-corrected chi connectivity index (χ2v) is 5.99. The van der Waals surface area contributed by atoms with E-state index in [0.717, 1.165) is 15.6 Å². The molecule has 2 rings (SSSR count). The molecule has 2 aromatic rings. The van der Waals surface area contributed by atoms with Gasteiger partial charge in [0.1, 0.15) is 12.4 Å². The molecule has 1 unspecified atom stereocenters. The SMILES string of the molecule is CC(C(=O)O)c1ccc(COc2cc(Br)ccc2Cl)cc1. The lowest BCUT2D eigenvalue weighted by atomic mass is 10.0. The topological polar surface area (TPSA) is 46.5 Å². The van der Waals surface area contributed by atoms with Gasteiger partial charge < -0.3 is 9.84 Å². The van der Waals surface area contributed by atoms with E-state index in [-0.39, 0.29) is 0 Å². The van der Waals surface area contributed by atoms with Crippen molar-refractivity contribution >= 4 is 33.5 Å². The Morgan fingerprint density at radius 3 is 2.57 bits per heavy atom. The lowest BCUT2D eigenvalue weighted by Crippen LogP contribution is -2.07. The summed E-state index contributed by atoms with van der Waals surface area (Å²) in [5, 5.41) is 9.52. The molecule has 0 saturated carbocycles. The fourth-order valence-electron chi connectivity index (χ4n) is 1.79. The zero-order chi connectivity index (χ0) is 15.4. The molecule has 110 valence electrons. The van der Waals surface area contributed by atoms with Gasteiger partial charge in [-0.2, -0.15) is 0 Å². The Bertz CT molecular complexity index is 640. The molecule has 21 heavy (non-hydrogen) atoms. The first kappa shape index (κ1) is 15.9. The molecule has 0 amide bonds. The minimum absolute atomic E-state index is 0.373. The molecule has 3 nitrogen and oxygen atoms in total. The van der Waals surface area contributed by atoms with Crippen LogP contribution in [0.3, 0.4) is 0 Å². The predicted octanol–water partition coefficient (Wildman–Crippen LogP) is 4.87. The van der Waals surface area contributed by atoms with Crippen LogP contribution in [0.1, 0.15) is 24.0 Å². The Hall–Kier alpha value is -1.52. The Morgan fingerprint density at radius 2 is 1.95 bits per heavy atom. The number of carbonyl (C=O) groups is 1. The summed E-state index contributed by atoms with van der Waals surface area (Å²) in [5.74, 6) is -0.742. The van der Waals surface area contributed by atoms with Crippen molar-refractivity contribution in [2.45, 2.75) is 19.4 Å². The zero-order valence-electron chi connectivity index (χ0n) is 11.3. The van der Waals surface area contributed by atoms with E-state index in [1.165, 1.54) is 0 Å². The van der Waals surface area contributed by atoms with Gasteiger partial charge in [0.15, 0.2) is 0 Å². The largest absolute Gasteiger partial charge is 0.487 e. The molecule has 0 spiro atoms. The molecule has 0 radical (unpaired) electrons. The number of hydrogen-bond acceptors (Lipinski definition) is 2. The number of rotatable bonds is 5. The second kappa shape index (κ2) is 6.96. The van der Waals surface area contributed by atoms with Crippen molar-refractivity contribution in [1.29, 1.82) is 0 Å². The molecule has 2 aromatic carbocycles.